The SMILES string of the molecule is CC(C)N1C(=O)C2(CCCCC2)C1C(=O)N1CCCN(C)CC1. The molecule has 2 aliphatic heterocycles. The van der Waals surface area contributed by atoms with Crippen LogP contribution in [0, 0.1) is 5.41 Å². The number of likely N-dealkylation sites (tertiary alicyclic amines) is 1. The molecule has 1 spiro atoms. The third kappa shape index (κ3) is 2.77. The Balaban J connectivity index is 1.81. The number of hydrogen-bond acceptors (Lipinski definition) is 3. The van der Waals surface area contributed by atoms with Gasteiger partial charge in [0.15, 0.2) is 0 Å². The van der Waals surface area contributed by atoms with Crippen molar-refractivity contribution in [3.8, 4) is 0 Å². The van der Waals surface area contributed by atoms with Crippen LogP contribution in [0.5, 0.6) is 0 Å². The summed E-state index contributed by atoms with van der Waals surface area (Å²) in [6, 6.07) is -0.0997. The predicted molar refractivity (Wildman–Crippen MR) is 90.0 cm³/mol. The molecule has 5 nitrogen and oxygen atoms in total. The summed E-state index contributed by atoms with van der Waals surface area (Å²) in [6.45, 7) is 7.67. The number of β-lactam (4-membered cyclic amide) rings is 1. The van der Waals surface area contributed by atoms with Crippen LogP contribution in [0.3, 0.4) is 0 Å². The number of carbonyl (C=O) groups excluding carboxylic acids is 2. The van der Waals surface area contributed by atoms with Crippen molar-refractivity contribution in [1.82, 2.24) is 14.7 Å². The quantitative estimate of drug-likeness (QED) is 0.728. The van der Waals surface area contributed by atoms with Crippen molar-refractivity contribution in [3.63, 3.8) is 0 Å². The molecule has 23 heavy (non-hydrogen) atoms. The van der Waals surface area contributed by atoms with Gasteiger partial charge in [-0.15, -0.1) is 0 Å². The molecule has 0 aromatic carbocycles. The van der Waals surface area contributed by atoms with E-state index in [2.05, 4.69) is 11.9 Å². The van der Waals surface area contributed by atoms with Crippen molar-refractivity contribution < 1.29 is 9.59 Å². The Morgan fingerprint density at radius 2 is 1.74 bits per heavy atom. The van der Waals surface area contributed by atoms with Crippen molar-refractivity contribution in [2.45, 2.75) is 64.5 Å². The van der Waals surface area contributed by atoms with Crippen LogP contribution < -0.4 is 0 Å². The van der Waals surface area contributed by atoms with Gasteiger partial charge in [0.1, 0.15) is 6.04 Å². The molecule has 0 N–H and O–H groups in total. The third-order valence-electron chi connectivity index (χ3n) is 6.03. The molecule has 0 aromatic rings. The summed E-state index contributed by atoms with van der Waals surface area (Å²) in [5.74, 6) is 0.438. The second-order valence-corrected chi connectivity index (χ2v) is 7.91. The van der Waals surface area contributed by atoms with E-state index in [1.165, 1.54) is 6.42 Å². The van der Waals surface area contributed by atoms with Crippen molar-refractivity contribution >= 4 is 11.8 Å². The summed E-state index contributed by atoms with van der Waals surface area (Å²) in [5.41, 5.74) is -0.377. The average Bonchev–Trinajstić information content (AvgIpc) is 2.76. The smallest absolute Gasteiger partial charge is 0.246 e. The minimum absolute atomic E-state index is 0.110. The first-order valence-corrected chi connectivity index (χ1v) is 9.27. The predicted octanol–water partition coefficient (Wildman–Crippen LogP) is 1.72. The Morgan fingerprint density at radius 3 is 2.39 bits per heavy atom. The lowest BCUT2D eigenvalue weighted by Gasteiger charge is -2.59. The Hall–Kier alpha value is -1.10. The Labute approximate surface area is 140 Å². The van der Waals surface area contributed by atoms with E-state index < -0.39 is 0 Å². The van der Waals surface area contributed by atoms with Gasteiger partial charge in [-0.25, -0.2) is 0 Å². The zero-order valence-electron chi connectivity index (χ0n) is 14.9. The van der Waals surface area contributed by atoms with Crippen LogP contribution >= 0.6 is 0 Å². The summed E-state index contributed by atoms with van der Waals surface area (Å²) >= 11 is 0. The number of hydrogen-bond donors (Lipinski definition) is 0. The molecule has 1 saturated carbocycles. The maximum Gasteiger partial charge on any atom is 0.246 e. The second-order valence-electron chi connectivity index (χ2n) is 7.91. The lowest BCUT2D eigenvalue weighted by atomic mass is 9.61. The maximum absolute atomic E-state index is 13.3. The summed E-state index contributed by atoms with van der Waals surface area (Å²) in [4.78, 5) is 32.3. The zero-order valence-corrected chi connectivity index (χ0v) is 14.9. The molecule has 3 rings (SSSR count). The standard InChI is InChI=1S/C18H31N3O2/c1-14(2)21-15(18(17(21)23)8-5-4-6-9-18)16(22)20-11-7-10-19(3)12-13-20/h14-15H,4-13H2,1-3H3. The van der Waals surface area contributed by atoms with Crippen LogP contribution in [0.2, 0.25) is 0 Å². The normalized spacial score (nSPS) is 28.9. The fourth-order valence-electron chi connectivity index (χ4n) is 4.69. The monoisotopic (exact) mass is 321 g/mol. The number of rotatable bonds is 2. The minimum Gasteiger partial charge on any atom is -0.340 e. The summed E-state index contributed by atoms with van der Waals surface area (Å²) in [5, 5.41) is 0. The molecule has 3 aliphatic rings. The van der Waals surface area contributed by atoms with E-state index in [1.54, 1.807) is 0 Å². The lowest BCUT2D eigenvalue weighted by Crippen LogP contribution is -2.75. The highest BCUT2D eigenvalue weighted by atomic mass is 16.2. The van der Waals surface area contributed by atoms with Crippen LogP contribution in [-0.2, 0) is 9.59 Å². The molecule has 0 radical (unpaired) electrons. The van der Waals surface area contributed by atoms with Crippen molar-refractivity contribution in [2.75, 3.05) is 33.2 Å². The zero-order chi connectivity index (χ0) is 16.6. The van der Waals surface area contributed by atoms with Gasteiger partial charge in [-0.1, -0.05) is 19.3 Å². The molecule has 1 aliphatic carbocycles. The van der Waals surface area contributed by atoms with E-state index in [0.717, 1.165) is 58.3 Å². The van der Waals surface area contributed by atoms with Gasteiger partial charge in [-0.05, 0) is 46.7 Å². The number of carbonyl (C=O) groups is 2. The first kappa shape index (κ1) is 16.7. The van der Waals surface area contributed by atoms with Gasteiger partial charge in [0.2, 0.25) is 11.8 Å². The minimum atomic E-state index is -0.377. The molecule has 2 saturated heterocycles. The first-order valence-electron chi connectivity index (χ1n) is 9.27. The van der Waals surface area contributed by atoms with E-state index >= 15 is 0 Å². The largest absolute Gasteiger partial charge is 0.340 e. The van der Waals surface area contributed by atoms with Gasteiger partial charge >= 0.3 is 0 Å². The summed E-state index contributed by atoms with van der Waals surface area (Å²) in [7, 11) is 2.11. The highest BCUT2D eigenvalue weighted by Gasteiger charge is 2.64. The van der Waals surface area contributed by atoms with Gasteiger partial charge in [0, 0.05) is 25.7 Å². The molecular weight excluding hydrogens is 290 g/mol. The molecule has 2 heterocycles. The van der Waals surface area contributed by atoms with Gasteiger partial charge in [-0.2, -0.15) is 0 Å². The fraction of sp³-hybridized carbons (Fsp3) is 0.889. The lowest BCUT2D eigenvalue weighted by molar-refractivity contribution is -0.189. The molecule has 3 fully saturated rings. The molecule has 130 valence electrons. The van der Waals surface area contributed by atoms with Gasteiger partial charge in [0.25, 0.3) is 0 Å². The fourth-order valence-corrected chi connectivity index (χ4v) is 4.69. The molecule has 1 unspecified atom stereocenters. The Kier molecular flexibility index (Phi) is 4.68. The topological polar surface area (TPSA) is 43.9 Å². The van der Waals surface area contributed by atoms with Crippen LogP contribution in [0.4, 0.5) is 0 Å². The first-order chi connectivity index (χ1) is 11.0. The van der Waals surface area contributed by atoms with Crippen LogP contribution in [0.25, 0.3) is 0 Å². The van der Waals surface area contributed by atoms with Gasteiger partial charge in [-0.3, -0.25) is 9.59 Å². The average molecular weight is 321 g/mol. The number of likely N-dealkylation sites (N-methyl/N-ethyl adjacent to an activating group) is 1. The van der Waals surface area contributed by atoms with Crippen LogP contribution in [0.1, 0.15) is 52.4 Å². The van der Waals surface area contributed by atoms with Crippen LogP contribution in [-0.4, -0.2) is 71.8 Å². The van der Waals surface area contributed by atoms with E-state index in [0.29, 0.717) is 0 Å². The summed E-state index contributed by atoms with van der Waals surface area (Å²) in [6.07, 6.45) is 6.20. The van der Waals surface area contributed by atoms with E-state index in [4.69, 9.17) is 0 Å². The summed E-state index contributed by atoms with van der Waals surface area (Å²) < 4.78 is 0. The van der Waals surface area contributed by atoms with E-state index in [-0.39, 0.29) is 29.3 Å². The highest BCUT2D eigenvalue weighted by molar-refractivity contribution is 6.02. The van der Waals surface area contributed by atoms with Crippen molar-refractivity contribution in [3.05, 3.63) is 0 Å². The number of amides is 2. The molecule has 0 bridgehead atoms. The Bertz CT molecular complexity index is 471. The molecule has 1 atom stereocenters. The van der Waals surface area contributed by atoms with E-state index in [9.17, 15) is 9.59 Å². The van der Waals surface area contributed by atoms with Gasteiger partial charge in [0.05, 0.1) is 5.41 Å². The third-order valence-corrected chi connectivity index (χ3v) is 6.03. The highest BCUT2D eigenvalue weighted by Crippen LogP contribution is 2.51. The molecule has 2 amide bonds. The van der Waals surface area contributed by atoms with Crippen molar-refractivity contribution in [2.24, 2.45) is 5.41 Å². The van der Waals surface area contributed by atoms with Crippen LogP contribution in [0.15, 0.2) is 0 Å². The van der Waals surface area contributed by atoms with Crippen molar-refractivity contribution in [1.29, 1.82) is 0 Å². The number of nitrogens with zero attached hydrogens (tertiary/aromatic N) is 3. The maximum atomic E-state index is 13.3. The second kappa shape index (κ2) is 6.42. The van der Waals surface area contributed by atoms with Gasteiger partial charge < -0.3 is 14.7 Å². The molecule has 5 heteroatoms. The molecular formula is C18H31N3O2. The van der Waals surface area contributed by atoms with E-state index in [1.807, 2.05) is 23.6 Å². The molecule has 0 aromatic heterocycles. The Morgan fingerprint density at radius 1 is 1.04 bits per heavy atom.